The lowest BCUT2D eigenvalue weighted by Gasteiger charge is -2.20. The van der Waals surface area contributed by atoms with Gasteiger partial charge in [0.05, 0.1) is 19.3 Å². The fourth-order valence-corrected chi connectivity index (χ4v) is 2.23. The van der Waals surface area contributed by atoms with E-state index in [0.717, 1.165) is 11.3 Å². The molecule has 0 aromatic heterocycles. The number of aliphatic imine (C=N–C) groups is 1. The number of rotatable bonds is 10. The van der Waals surface area contributed by atoms with E-state index in [1.54, 1.807) is 20.2 Å². The van der Waals surface area contributed by atoms with Gasteiger partial charge in [0.15, 0.2) is 17.5 Å². The highest BCUT2D eigenvalue weighted by Gasteiger charge is 2.13. The van der Waals surface area contributed by atoms with E-state index in [2.05, 4.69) is 22.2 Å². The van der Waals surface area contributed by atoms with E-state index in [4.69, 9.17) is 9.47 Å². The lowest BCUT2D eigenvalue weighted by atomic mass is 10.1. The third-order valence-electron chi connectivity index (χ3n) is 3.71. The predicted molar refractivity (Wildman–Crippen MR) is 110 cm³/mol. The number of hydrogen-bond acceptors (Lipinski definition) is 4. The topological polar surface area (TPSA) is 75.2 Å². The summed E-state index contributed by atoms with van der Waals surface area (Å²) in [6, 6.07) is 5.81. The summed E-state index contributed by atoms with van der Waals surface area (Å²) < 4.78 is 11.3. The summed E-state index contributed by atoms with van der Waals surface area (Å²) in [4.78, 5) is 17.7. The van der Waals surface area contributed by atoms with Crippen molar-refractivity contribution in [2.24, 2.45) is 4.99 Å². The Kier molecular flexibility index (Phi) is 9.79. The van der Waals surface area contributed by atoms with E-state index in [0.29, 0.717) is 31.5 Å². The van der Waals surface area contributed by atoms with Crippen molar-refractivity contribution in [3.05, 3.63) is 36.4 Å². The van der Waals surface area contributed by atoms with Crippen LogP contribution in [0, 0.1) is 0 Å². The highest BCUT2D eigenvalue weighted by Crippen LogP contribution is 2.30. The number of ether oxygens (including phenoxy) is 2. The second kappa shape index (κ2) is 11.8. The smallest absolute Gasteiger partial charge is 0.243 e. The molecule has 1 aromatic rings. The molecule has 0 saturated carbocycles. The van der Waals surface area contributed by atoms with E-state index < -0.39 is 0 Å². The largest absolute Gasteiger partial charge is 0.490 e. The van der Waals surface area contributed by atoms with Crippen molar-refractivity contribution in [1.82, 2.24) is 15.5 Å². The minimum atomic E-state index is -0.0675. The van der Waals surface area contributed by atoms with Gasteiger partial charge in [0, 0.05) is 20.6 Å². The number of amides is 1. The number of nitrogens with zero attached hydrogens (tertiary/aromatic N) is 2. The molecular formula is C20H32N4O3. The lowest BCUT2D eigenvalue weighted by molar-refractivity contribution is -0.127. The van der Waals surface area contributed by atoms with Crippen LogP contribution in [0.5, 0.6) is 11.5 Å². The summed E-state index contributed by atoms with van der Waals surface area (Å²) in [6.07, 6.45) is 1.74. The molecule has 0 bridgehead atoms. The van der Waals surface area contributed by atoms with Crippen molar-refractivity contribution in [3.63, 3.8) is 0 Å². The van der Waals surface area contributed by atoms with E-state index in [1.807, 2.05) is 39.0 Å². The first-order valence-electron chi connectivity index (χ1n) is 9.18. The number of benzene rings is 1. The predicted octanol–water partition coefficient (Wildman–Crippen LogP) is 2.35. The SMILES string of the molecule is C=CCNC(=NCC(=O)N(C)C)NC(C)c1ccc(OCC)c(OCC)c1. The first-order chi connectivity index (χ1) is 12.9. The van der Waals surface area contributed by atoms with Gasteiger partial charge in [-0.15, -0.1) is 6.58 Å². The van der Waals surface area contributed by atoms with Gasteiger partial charge in [0.1, 0.15) is 6.54 Å². The van der Waals surface area contributed by atoms with Crippen molar-refractivity contribution in [2.75, 3.05) is 40.4 Å². The molecule has 0 aliphatic carbocycles. The molecule has 0 fully saturated rings. The van der Waals surface area contributed by atoms with Crippen LogP contribution in [0.1, 0.15) is 32.4 Å². The summed E-state index contributed by atoms with van der Waals surface area (Å²) >= 11 is 0. The fourth-order valence-electron chi connectivity index (χ4n) is 2.23. The van der Waals surface area contributed by atoms with Gasteiger partial charge in [-0.05, 0) is 38.5 Å². The summed E-state index contributed by atoms with van der Waals surface area (Å²) in [5, 5.41) is 6.44. The Morgan fingerprint density at radius 3 is 2.52 bits per heavy atom. The Hall–Kier alpha value is -2.70. The van der Waals surface area contributed by atoms with Crippen molar-refractivity contribution in [1.29, 1.82) is 0 Å². The van der Waals surface area contributed by atoms with Crippen molar-refractivity contribution in [2.45, 2.75) is 26.8 Å². The molecular weight excluding hydrogens is 344 g/mol. The molecule has 1 unspecified atom stereocenters. The maximum Gasteiger partial charge on any atom is 0.243 e. The molecule has 7 nitrogen and oxygen atoms in total. The average Bonchev–Trinajstić information content (AvgIpc) is 2.65. The van der Waals surface area contributed by atoms with E-state index in [9.17, 15) is 4.79 Å². The molecule has 1 amide bonds. The van der Waals surface area contributed by atoms with Crippen LogP contribution in [0.2, 0.25) is 0 Å². The maximum atomic E-state index is 11.8. The molecule has 0 radical (unpaired) electrons. The molecule has 0 heterocycles. The normalized spacial score (nSPS) is 12.1. The molecule has 0 saturated heterocycles. The monoisotopic (exact) mass is 376 g/mol. The first kappa shape index (κ1) is 22.3. The Balaban J connectivity index is 2.94. The minimum Gasteiger partial charge on any atom is -0.490 e. The molecule has 7 heteroatoms. The minimum absolute atomic E-state index is 0.0505. The molecule has 0 spiro atoms. The van der Waals surface area contributed by atoms with E-state index >= 15 is 0 Å². The van der Waals surface area contributed by atoms with Gasteiger partial charge < -0.3 is 25.0 Å². The lowest BCUT2D eigenvalue weighted by Crippen LogP contribution is -2.39. The summed E-state index contributed by atoms with van der Waals surface area (Å²) in [5.74, 6) is 1.92. The second-order valence-corrected chi connectivity index (χ2v) is 6.06. The second-order valence-electron chi connectivity index (χ2n) is 6.06. The highest BCUT2D eigenvalue weighted by atomic mass is 16.5. The van der Waals surface area contributed by atoms with Crippen molar-refractivity contribution >= 4 is 11.9 Å². The molecule has 27 heavy (non-hydrogen) atoms. The Labute approximate surface area is 162 Å². The molecule has 0 aliphatic rings. The number of carbonyl (C=O) groups is 1. The van der Waals surface area contributed by atoms with Crippen LogP contribution in [0.25, 0.3) is 0 Å². The third-order valence-corrected chi connectivity index (χ3v) is 3.71. The average molecular weight is 377 g/mol. The molecule has 1 aromatic carbocycles. The van der Waals surface area contributed by atoms with Crippen LogP contribution in [0.15, 0.2) is 35.8 Å². The Morgan fingerprint density at radius 2 is 1.93 bits per heavy atom. The molecule has 150 valence electrons. The van der Waals surface area contributed by atoms with Gasteiger partial charge in [0.2, 0.25) is 5.91 Å². The van der Waals surface area contributed by atoms with Gasteiger partial charge in [-0.3, -0.25) is 4.79 Å². The van der Waals surface area contributed by atoms with Gasteiger partial charge in [-0.1, -0.05) is 12.1 Å². The zero-order valence-corrected chi connectivity index (χ0v) is 17.0. The first-order valence-corrected chi connectivity index (χ1v) is 9.18. The Bertz CT molecular complexity index is 644. The van der Waals surface area contributed by atoms with Gasteiger partial charge in [0.25, 0.3) is 0 Å². The number of likely N-dealkylation sites (N-methyl/N-ethyl adjacent to an activating group) is 1. The van der Waals surface area contributed by atoms with Crippen molar-refractivity contribution in [3.8, 4) is 11.5 Å². The van der Waals surface area contributed by atoms with Gasteiger partial charge in [-0.2, -0.15) is 0 Å². The van der Waals surface area contributed by atoms with Gasteiger partial charge >= 0.3 is 0 Å². The number of carbonyl (C=O) groups excluding carboxylic acids is 1. The van der Waals surface area contributed by atoms with Crippen LogP contribution in [-0.4, -0.2) is 57.2 Å². The Morgan fingerprint density at radius 1 is 1.26 bits per heavy atom. The molecule has 1 atom stereocenters. The third kappa shape index (κ3) is 7.60. The summed E-state index contributed by atoms with van der Waals surface area (Å²) in [5.41, 5.74) is 1.02. The summed E-state index contributed by atoms with van der Waals surface area (Å²) in [7, 11) is 3.42. The molecule has 1 rings (SSSR count). The van der Waals surface area contributed by atoms with Crippen LogP contribution < -0.4 is 20.1 Å². The zero-order valence-electron chi connectivity index (χ0n) is 17.0. The standard InChI is InChI=1S/C20H32N4O3/c1-7-12-21-20(22-14-19(25)24(5)6)23-15(4)16-10-11-17(26-8-2)18(13-16)27-9-3/h7,10-11,13,15H,1,8-9,12,14H2,2-6H3,(H2,21,22,23). The maximum absolute atomic E-state index is 11.8. The quantitative estimate of drug-likeness (QED) is 0.372. The van der Waals surface area contributed by atoms with Crippen LogP contribution in [-0.2, 0) is 4.79 Å². The highest BCUT2D eigenvalue weighted by molar-refractivity contribution is 5.85. The number of nitrogens with one attached hydrogen (secondary N) is 2. The van der Waals surface area contributed by atoms with E-state index in [1.165, 1.54) is 4.90 Å². The summed E-state index contributed by atoms with van der Waals surface area (Å²) in [6.45, 7) is 11.4. The molecule has 2 N–H and O–H groups in total. The number of guanidine groups is 1. The van der Waals surface area contributed by atoms with Crippen LogP contribution in [0.3, 0.4) is 0 Å². The fraction of sp³-hybridized carbons (Fsp3) is 0.500. The van der Waals surface area contributed by atoms with Crippen LogP contribution in [0.4, 0.5) is 0 Å². The van der Waals surface area contributed by atoms with Crippen LogP contribution >= 0.6 is 0 Å². The molecule has 0 aliphatic heterocycles. The van der Waals surface area contributed by atoms with Gasteiger partial charge in [-0.25, -0.2) is 4.99 Å². The zero-order chi connectivity index (χ0) is 20.2. The van der Waals surface area contributed by atoms with Crippen molar-refractivity contribution < 1.29 is 14.3 Å². The number of hydrogen-bond donors (Lipinski definition) is 2. The van der Waals surface area contributed by atoms with E-state index in [-0.39, 0.29) is 18.5 Å².